The fourth-order valence-electron chi connectivity index (χ4n) is 1.37. The van der Waals surface area contributed by atoms with Crippen LogP contribution in [0.1, 0.15) is 30.0 Å². The highest BCUT2D eigenvalue weighted by molar-refractivity contribution is 9.10. The Morgan fingerprint density at radius 1 is 1.45 bits per heavy atom. The summed E-state index contributed by atoms with van der Waals surface area (Å²) in [7, 11) is 0. The summed E-state index contributed by atoms with van der Waals surface area (Å²) in [6, 6.07) is 4.21. The molecule has 0 atom stereocenters. The summed E-state index contributed by atoms with van der Waals surface area (Å²) in [6.45, 7) is 2.08. The number of aryl methyl sites for hydroxylation is 1. The summed E-state index contributed by atoms with van der Waals surface area (Å²) in [5.41, 5.74) is 2.62. The zero-order chi connectivity index (χ0) is 7.84. The second-order valence-electron chi connectivity index (χ2n) is 3.08. The van der Waals surface area contributed by atoms with Gasteiger partial charge in [0.15, 0.2) is 0 Å². The maximum Gasteiger partial charge on any atom is 0.106 e. The van der Waals surface area contributed by atoms with Crippen molar-refractivity contribution in [3.63, 3.8) is 0 Å². The Hall–Kier alpha value is -0.370. The van der Waals surface area contributed by atoms with E-state index in [9.17, 15) is 0 Å². The van der Waals surface area contributed by atoms with E-state index in [0.29, 0.717) is 0 Å². The van der Waals surface area contributed by atoms with E-state index in [2.05, 4.69) is 33.9 Å². The molecule has 0 bridgehead atoms. The predicted octanol–water partition coefficient (Wildman–Crippen LogP) is 3.03. The quantitative estimate of drug-likeness (QED) is 0.652. The van der Waals surface area contributed by atoms with Gasteiger partial charge in [-0.1, -0.05) is 6.07 Å². The van der Waals surface area contributed by atoms with Gasteiger partial charge < -0.3 is 0 Å². The lowest BCUT2D eigenvalue weighted by Gasteiger charge is -2.01. The van der Waals surface area contributed by atoms with E-state index >= 15 is 0 Å². The molecule has 1 aromatic rings. The molecule has 2 heteroatoms. The largest absolute Gasteiger partial charge is 0.246 e. The smallest absolute Gasteiger partial charge is 0.106 e. The van der Waals surface area contributed by atoms with E-state index in [1.165, 1.54) is 24.1 Å². The van der Waals surface area contributed by atoms with Crippen molar-refractivity contribution in [2.75, 3.05) is 0 Å². The van der Waals surface area contributed by atoms with Gasteiger partial charge in [0.05, 0.1) is 0 Å². The lowest BCUT2D eigenvalue weighted by atomic mass is 10.1. The minimum atomic E-state index is 0.815. The minimum Gasteiger partial charge on any atom is -0.246 e. The SMILES string of the molecule is Cc1nc(Br)ccc1C1CC1. The van der Waals surface area contributed by atoms with Gasteiger partial charge in [-0.2, -0.15) is 0 Å². The molecule has 0 spiro atoms. The van der Waals surface area contributed by atoms with Crippen LogP contribution < -0.4 is 0 Å². The van der Waals surface area contributed by atoms with Gasteiger partial charge in [-0.25, -0.2) is 4.98 Å². The highest BCUT2D eigenvalue weighted by atomic mass is 79.9. The number of rotatable bonds is 1. The number of aromatic nitrogens is 1. The van der Waals surface area contributed by atoms with Gasteiger partial charge >= 0.3 is 0 Å². The highest BCUT2D eigenvalue weighted by Crippen LogP contribution is 2.41. The van der Waals surface area contributed by atoms with Crippen LogP contribution in [0, 0.1) is 6.92 Å². The number of pyridine rings is 1. The normalized spacial score (nSPS) is 16.9. The number of hydrogen-bond donors (Lipinski definition) is 0. The van der Waals surface area contributed by atoms with Crippen molar-refractivity contribution in [2.45, 2.75) is 25.7 Å². The van der Waals surface area contributed by atoms with Crippen molar-refractivity contribution in [3.05, 3.63) is 28.0 Å². The molecule has 0 amide bonds. The van der Waals surface area contributed by atoms with Crippen molar-refractivity contribution in [1.82, 2.24) is 4.98 Å². The molecule has 1 heterocycles. The number of halogens is 1. The molecule has 0 aromatic carbocycles. The van der Waals surface area contributed by atoms with Crippen molar-refractivity contribution < 1.29 is 0 Å². The van der Waals surface area contributed by atoms with Gasteiger partial charge in [-0.3, -0.25) is 0 Å². The molecule has 0 saturated heterocycles. The molecule has 0 unspecified atom stereocenters. The first-order valence-corrected chi connectivity index (χ1v) is 4.70. The molecule has 0 N–H and O–H groups in total. The zero-order valence-corrected chi connectivity index (χ0v) is 8.06. The minimum absolute atomic E-state index is 0.815. The monoisotopic (exact) mass is 211 g/mol. The van der Waals surface area contributed by atoms with Crippen LogP contribution in [0.5, 0.6) is 0 Å². The van der Waals surface area contributed by atoms with Gasteiger partial charge in [0.25, 0.3) is 0 Å². The molecule has 1 aromatic heterocycles. The molecule has 2 rings (SSSR count). The van der Waals surface area contributed by atoms with E-state index < -0.39 is 0 Å². The molecule has 58 valence electrons. The van der Waals surface area contributed by atoms with E-state index in [1.54, 1.807) is 0 Å². The lowest BCUT2D eigenvalue weighted by Crippen LogP contribution is -1.89. The van der Waals surface area contributed by atoms with Crippen molar-refractivity contribution in [3.8, 4) is 0 Å². The van der Waals surface area contributed by atoms with E-state index in [-0.39, 0.29) is 0 Å². The third kappa shape index (κ3) is 1.45. The molecule has 11 heavy (non-hydrogen) atoms. The molecule has 1 aliphatic rings. The predicted molar refractivity (Wildman–Crippen MR) is 48.6 cm³/mol. The second kappa shape index (κ2) is 2.59. The average Bonchev–Trinajstić information content (AvgIpc) is 2.70. The third-order valence-corrected chi connectivity index (χ3v) is 2.55. The highest BCUT2D eigenvalue weighted by Gasteiger charge is 2.25. The maximum atomic E-state index is 4.35. The number of hydrogen-bond acceptors (Lipinski definition) is 1. The molecule has 0 aliphatic heterocycles. The van der Waals surface area contributed by atoms with Crippen LogP contribution in [0.4, 0.5) is 0 Å². The first-order valence-electron chi connectivity index (χ1n) is 3.90. The first-order chi connectivity index (χ1) is 5.27. The van der Waals surface area contributed by atoms with Crippen LogP contribution in [-0.2, 0) is 0 Å². The molecule has 1 fully saturated rings. The summed E-state index contributed by atoms with van der Waals surface area (Å²) in [6.07, 6.45) is 2.70. The number of nitrogens with zero attached hydrogens (tertiary/aromatic N) is 1. The van der Waals surface area contributed by atoms with Gasteiger partial charge in [-0.15, -0.1) is 0 Å². The molecule has 1 saturated carbocycles. The van der Waals surface area contributed by atoms with Crippen LogP contribution in [-0.4, -0.2) is 4.98 Å². The molecular weight excluding hydrogens is 202 g/mol. The first kappa shape index (κ1) is 7.29. The lowest BCUT2D eigenvalue weighted by molar-refractivity contribution is 1.03. The Morgan fingerprint density at radius 2 is 2.18 bits per heavy atom. The van der Waals surface area contributed by atoms with Crippen LogP contribution in [0.25, 0.3) is 0 Å². The van der Waals surface area contributed by atoms with Crippen LogP contribution in [0.15, 0.2) is 16.7 Å². The van der Waals surface area contributed by atoms with Gasteiger partial charge in [-0.05, 0) is 53.2 Å². The maximum absolute atomic E-state index is 4.35. The molecule has 0 radical (unpaired) electrons. The van der Waals surface area contributed by atoms with Crippen LogP contribution in [0.3, 0.4) is 0 Å². The summed E-state index contributed by atoms with van der Waals surface area (Å²) in [4.78, 5) is 4.35. The van der Waals surface area contributed by atoms with Gasteiger partial charge in [0.1, 0.15) is 4.60 Å². The molecule has 1 aliphatic carbocycles. The van der Waals surface area contributed by atoms with Crippen molar-refractivity contribution in [2.24, 2.45) is 0 Å². The summed E-state index contributed by atoms with van der Waals surface area (Å²) >= 11 is 3.35. The summed E-state index contributed by atoms with van der Waals surface area (Å²) in [5, 5.41) is 0. The van der Waals surface area contributed by atoms with Crippen molar-refractivity contribution in [1.29, 1.82) is 0 Å². The van der Waals surface area contributed by atoms with Gasteiger partial charge in [0.2, 0.25) is 0 Å². The van der Waals surface area contributed by atoms with E-state index in [4.69, 9.17) is 0 Å². The standard InChI is InChI=1S/C9H10BrN/c1-6-8(7-2-3-7)4-5-9(10)11-6/h4-5,7H,2-3H2,1H3. The van der Waals surface area contributed by atoms with Crippen LogP contribution >= 0.6 is 15.9 Å². The fourth-order valence-corrected chi connectivity index (χ4v) is 1.77. The average molecular weight is 212 g/mol. The second-order valence-corrected chi connectivity index (χ2v) is 3.90. The summed E-state index contributed by atoms with van der Waals surface area (Å²) < 4.78 is 0.944. The zero-order valence-electron chi connectivity index (χ0n) is 6.47. The third-order valence-electron chi connectivity index (χ3n) is 2.11. The Kier molecular flexibility index (Phi) is 1.72. The Labute approximate surface area is 75.0 Å². The fraction of sp³-hybridized carbons (Fsp3) is 0.444. The molecular formula is C9H10BrN. The Morgan fingerprint density at radius 3 is 2.73 bits per heavy atom. The van der Waals surface area contributed by atoms with Gasteiger partial charge in [0, 0.05) is 5.69 Å². The van der Waals surface area contributed by atoms with Crippen LogP contribution in [0.2, 0.25) is 0 Å². The Bertz CT molecular complexity index is 279. The van der Waals surface area contributed by atoms with E-state index in [0.717, 1.165) is 10.5 Å². The van der Waals surface area contributed by atoms with Crippen molar-refractivity contribution >= 4 is 15.9 Å². The summed E-state index contributed by atoms with van der Waals surface area (Å²) in [5.74, 6) is 0.815. The molecule has 1 nitrogen and oxygen atoms in total. The van der Waals surface area contributed by atoms with E-state index in [1.807, 2.05) is 6.07 Å². The topological polar surface area (TPSA) is 12.9 Å². The Balaban J connectivity index is 2.39.